The van der Waals surface area contributed by atoms with E-state index in [2.05, 4.69) is 17.2 Å². The van der Waals surface area contributed by atoms with Crippen LogP contribution in [0.1, 0.15) is 37.0 Å². The van der Waals surface area contributed by atoms with Crippen LogP contribution in [0.5, 0.6) is 0 Å². The highest BCUT2D eigenvalue weighted by atomic mass is 16.5. The Morgan fingerprint density at radius 1 is 1.60 bits per heavy atom. The maximum Gasteiger partial charge on any atom is 0.256 e. The largest absolute Gasteiger partial charge is 0.383 e. The molecule has 1 fully saturated rings. The number of ether oxygens (including phenoxy) is 1. The molecule has 0 spiro atoms. The van der Waals surface area contributed by atoms with Crippen molar-refractivity contribution < 1.29 is 9.53 Å². The fourth-order valence-corrected chi connectivity index (χ4v) is 2.55. The van der Waals surface area contributed by atoms with Crippen molar-refractivity contribution in [2.45, 2.75) is 38.8 Å². The van der Waals surface area contributed by atoms with Gasteiger partial charge in [-0.2, -0.15) is 0 Å². The summed E-state index contributed by atoms with van der Waals surface area (Å²) in [5, 5.41) is 3.26. The maximum atomic E-state index is 12.7. The van der Waals surface area contributed by atoms with Gasteiger partial charge in [0, 0.05) is 26.4 Å². The van der Waals surface area contributed by atoms with Crippen LogP contribution in [0, 0.1) is 0 Å². The normalized spacial score (nSPS) is 21.8. The van der Waals surface area contributed by atoms with E-state index in [4.69, 9.17) is 4.74 Å². The molecular weight excluding hydrogens is 254 g/mol. The molecule has 0 bridgehead atoms. The van der Waals surface area contributed by atoms with Crippen LogP contribution in [0.2, 0.25) is 0 Å². The molecule has 0 aliphatic carbocycles. The lowest BCUT2D eigenvalue weighted by atomic mass is 10.1. The van der Waals surface area contributed by atoms with Gasteiger partial charge in [-0.25, -0.2) is 0 Å². The minimum Gasteiger partial charge on any atom is -0.383 e. The van der Waals surface area contributed by atoms with Crippen LogP contribution in [0.3, 0.4) is 0 Å². The Balaban J connectivity index is 2.15. The maximum absolute atomic E-state index is 12.7. The fourth-order valence-electron chi connectivity index (χ4n) is 2.55. The van der Waals surface area contributed by atoms with Gasteiger partial charge < -0.3 is 15.0 Å². The van der Waals surface area contributed by atoms with E-state index >= 15 is 0 Å². The molecule has 1 aliphatic rings. The number of rotatable bonds is 5. The number of carbonyl (C=O) groups excluding carboxylic acids is 1. The average Bonchev–Trinajstić information content (AvgIpc) is 2.90. The third-order valence-electron chi connectivity index (χ3n) is 3.77. The highest BCUT2D eigenvalue weighted by molar-refractivity contribution is 5.99. The van der Waals surface area contributed by atoms with E-state index in [1.807, 2.05) is 14.0 Å². The Morgan fingerprint density at radius 3 is 3.05 bits per heavy atom. The predicted octanol–water partition coefficient (Wildman–Crippen LogP) is 2.15. The third kappa shape index (κ3) is 3.10. The number of likely N-dealkylation sites (N-methyl/N-ethyl adjacent to an activating group) is 1. The van der Waals surface area contributed by atoms with Crippen molar-refractivity contribution in [3.63, 3.8) is 0 Å². The summed E-state index contributed by atoms with van der Waals surface area (Å²) in [5.74, 6) is 0.0216. The van der Waals surface area contributed by atoms with Crippen molar-refractivity contribution in [1.82, 2.24) is 9.88 Å². The molecule has 2 rings (SSSR count). The van der Waals surface area contributed by atoms with Crippen LogP contribution in [-0.2, 0) is 4.74 Å². The van der Waals surface area contributed by atoms with Gasteiger partial charge in [-0.05, 0) is 25.8 Å². The minimum atomic E-state index is 0.0216. The standard InChI is InChI=1S/C15H23N3O2/c1-4-7-17-13-10-16-8-5-12(13)15(19)18(3)14-6-9-20-11(14)2/h5,8,10-11,14,17H,4,6-7,9H2,1-3H3. The zero-order valence-corrected chi connectivity index (χ0v) is 12.4. The molecule has 2 unspecified atom stereocenters. The molecule has 0 saturated carbocycles. The number of carbonyl (C=O) groups is 1. The van der Waals surface area contributed by atoms with Crippen molar-refractivity contribution in [3.05, 3.63) is 24.0 Å². The third-order valence-corrected chi connectivity index (χ3v) is 3.77. The van der Waals surface area contributed by atoms with Crippen molar-refractivity contribution in [3.8, 4) is 0 Å². The van der Waals surface area contributed by atoms with Crippen LogP contribution >= 0.6 is 0 Å². The SMILES string of the molecule is CCCNc1cnccc1C(=O)N(C)C1CCOC1C. The van der Waals surface area contributed by atoms with Gasteiger partial charge in [0.15, 0.2) is 0 Å². The number of pyridine rings is 1. The van der Waals surface area contributed by atoms with Gasteiger partial charge in [-0.15, -0.1) is 0 Å². The molecule has 2 heterocycles. The molecule has 110 valence electrons. The molecule has 5 nitrogen and oxygen atoms in total. The van der Waals surface area contributed by atoms with Crippen molar-refractivity contribution in [1.29, 1.82) is 0 Å². The number of anilines is 1. The number of amides is 1. The Hall–Kier alpha value is -1.62. The highest BCUT2D eigenvalue weighted by Gasteiger charge is 2.31. The molecule has 1 N–H and O–H groups in total. The van der Waals surface area contributed by atoms with Gasteiger partial charge in [-0.3, -0.25) is 9.78 Å². The molecule has 1 amide bonds. The van der Waals surface area contributed by atoms with Gasteiger partial charge >= 0.3 is 0 Å². The number of hydrogen-bond donors (Lipinski definition) is 1. The monoisotopic (exact) mass is 277 g/mol. The summed E-state index contributed by atoms with van der Waals surface area (Å²) in [4.78, 5) is 18.6. The molecule has 0 aromatic carbocycles. The first-order chi connectivity index (χ1) is 9.65. The summed E-state index contributed by atoms with van der Waals surface area (Å²) in [6.07, 6.45) is 5.37. The minimum absolute atomic E-state index is 0.0216. The zero-order chi connectivity index (χ0) is 14.5. The molecule has 1 aliphatic heterocycles. The van der Waals surface area contributed by atoms with Crippen molar-refractivity contribution >= 4 is 11.6 Å². The summed E-state index contributed by atoms with van der Waals surface area (Å²) in [5.41, 5.74) is 1.48. The Morgan fingerprint density at radius 2 is 2.40 bits per heavy atom. The molecular formula is C15H23N3O2. The smallest absolute Gasteiger partial charge is 0.256 e. The number of hydrogen-bond acceptors (Lipinski definition) is 4. The summed E-state index contributed by atoms with van der Waals surface area (Å²) < 4.78 is 5.55. The second kappa shape index (κ2) is 6.70. The summed E-state index contributed by atoms with van der Waals surface area (Å²) in [6, 6.07) is 1.92. The van der Waals surface area contributed by atoms with E-state index in [0.29, 0.717) is 5.56 Å². The molecule has 1 saturated heterocycles. The summed E-state index contributed by atoms with van der Waals surface area (Å²) in [6.45, 7) is 5.66. The second-order valence-electron chi connectivity index (χ2n) is 5.20. The molecule has 20 heavy (non-hydrogen) atoms. The molecule has 2 atom stereocenters. The van der Waals surface area contributed by atoms with Crippen molar-refractivity contribution in [2.75, 3.05) is 25.5 Å². The first-order valence-corrected chi connectivity index (χ1v) is 7.21. The zero-order valence-electron chi connectivity index (χ0n) is 12.4. The van der Waals surface area contributed by atoms with E-state index in [1.165, 1.54) is 0 Å². The molecule has 1 aromatic heterocycles. The van der Waals surface area contributed by atoms with Crippen LogP contribution in [-0.4, -0.2) is 48.1 Å². The Kier molecular flexibility index (Phi) is 4.95. The van der Waals surface area contributed by atoms with Crippen LogP contribution in [0.25, 0.3) is 0 Å². The number of nitrogens with one attached hydrogen (secondary N) is 1. The Bertz CT molecular complexity index is 464. The number of nitrogens with zero attached hydrogens (tertiary/aromatic N) is 2. The predicted molar refractivity (Wildman–Crippen MR) is 78.9 cm³/mol. The molecule has 1 aromatic rings. The van der Waals surface area contributed by atoms with Gasteiger partial charge in [0.25, 0.3) is 5.91 Å². The summed E-state index contributed by atoms with van der Waals surface area (Å²) >= 11 is 0. The van der Waals surface area contributed by atoms with Crippen molar-refractivity contribution in [2.24, 2.45) is 0 Å². The highest BCUT2D eigenvalue weighted by Crippen LogP contribution is 2.22. The first-order valence-electron chi connectivity index (χ1n) is 7.21. The van der Waals surface area contributed by atoms with Gasteiger partial charge in [0.1, 0.15) is 0 Å². The first kappa shape index (κ1) is 14.8. The lowest BCUT2D eigenvalue weighted by Gasteiger charge is -2.27. The van der Waals surface area contributed by atoms with Gasteiger partial charge in [0.05, 0.1) is 29.6 Å². The van der Waals surface area contributed by atoms with E-state index in [0.717, 1.165) is 31.7 Å². The molecule has 0 radical (unpaired) electrons. The fraction of sp³-hybridized carbons (Fsp3) is 0.600. The Labute approximate surface area is 120 Å². The quantitative estimate of drug-likeness (QED) is 0.896. The summed E-state index contributed by atoms with van der Waals surface area (Å²) in [7, 11) is 1.85. The van der Waals surface area contributed by atoms with Crippen LogP contribution in [0.15, 0.2) is 18.5 Å². The van der Waals surface area contributed by atoms with E-state index in [1.54, 1.807) is 23.4 Å². The van der Waals surface area contributed by atoms with Gasteiger partial charge in [0.2, 0.25) is 0 Å². The lowest BCUT2D eigenvalue weighted by Crippen LogP contribution is -2.41. The van der Waals surface area contributed by atoms with E-state index < -0.39 is 0 Å². The van der Waals surface area contributed by atoms with Gasteiger partial charge in [-0.1, -0.05) is 6.92 Å². The second-order valence-corrected chi connectivity index (χ2v) is 5.20. The van der Waals surface area contributed by atoms with Crippen LogP contribution < -0.4 is 5.32 Å². The lowest BCUT2D eigenvalue weighted by molar-refractivity contribution is 0.0575. The number of aromatic nitrogens is 1. The van der Waals surface area contributed by atoms with E-state index in [9.17, 15) is 4.79 Å². The molecule has 5 heteroatoms. The topological polar surface area (TPSA) is 54.5 Å². The average molecular weight is 277 g/mol. The van der Waals surface area contributed by atoms with Crippen LogP contribution in [0.4, 0.5) is 5.69 Å². The van der Waals surface area contributed by atoms with E-state index in [-0.39, 0.29) is 18.1 Å².